The summed E-state index contributed by atoms with van der Waals surface area (Å²) >= 11 is 4.92. The van der Waals surface area contributed by atoms with Gasteiger partial charge < -0.3 is 9.73 Å². The fraction of sp³-hybridized carbons (Fsp3) is 0.438. The summed E-state index contributed by atoms with van der Waals surface area (Å²) in [5, 5.41) is 5.03. The molecule has 112 valence electrons. The van der Waals surface area contributed by atoms with Crippen LogP contribution in [0.15, 0.2) is 25.7 Å². The molecule has 0 saturated heterocycles. The lowest BCUT2D eigenvalue weighted by Crippen LogP contribution is -2.35. The second-order valence-electron chi connectivity index (χ2n) is 6.45. The Morgan fingerprint density at radius 1 is 1.48 bits per heavy atom. The predicted molar refractivity (Wildman–Crippen MR) is 87.8 cm³/mol. The third-order valence-corrected chi connectivity index (χ3v) is 5.38. The number of fused-ring (bicyclic) bond motifs is 1. The molecule has 21 heavy (non-hydrogen) atoms. The van der Waals surface area contributed by atoms with Gasteiger partial charge in [0.1, 0.15) is 11.5 Å². The maximum Gasteiger partial charge on any atom is 0.252 e. The van der Waals surface area contributed by atoms with Gasteiger partial charge in [-0.05, 0) is 46.8 Å². The molecule has 0 aliphatic heterocycles. The maximum absolute atomic E-state index is 12.4. The van der Waals surface area contributed by atoms with Crippen LogP contribution in [0, 0.1) is 12.3 Å². The molecule has 0 fully saturated rings. The van der Waals surface area contributed by atoms with Crippen LogP contribution in [0.1, 0.15) is 53.8 Å². The minimum atomic E-state index is -0.0237. The lowest BCUT2D eigenvalue weighted by Gasteiger charge is -2.34. The minimum Gasteiger partial charge on any atom is -0.466 e. The number of rotatable bonds is 2. The van der Waals surface area contributed by atoms with Crippen molar-refractivity contribution in [2.45, 2.75) is 39.7 Å². The molecule has 0 bridgehead atoms. The molecule has 0 radical (unpaired) electrons. The maximum atomic E-state index is 12.4. The Hall–Kier alpha value is -1.07. The lowest BCUT2D eigenvalue weighted by molar-refractivity contribution is 0.0918. The van der Waals surface area contributed by atoms with Crippen molar-refractivity contribution >= 4 is 33.2 Å². The predicted octanol–water partition coefficient (Wildman–Crippen LogP) is 4.86. The zero-order valence-electron chi connectivity index (χ0n) is 12.3. The molecule has 0 aromatic carbocycles. The third kappa shape index (κ3) is 3.09. The summed E-state index contributed by atoms with van der Waals surface area (Å²) in [7, 11) is 0. The van der Waals surface area contributed by atoms with Gasteiger partial charge in [-0.3, -0.25) is 4.79 Å². The first-order valence-corrected chi connectivity index (χ1v) is 8.65. The fourth-order valence-electron chi connectivity index (χ4n) is 2.98. The number of nitrogens with one attached hydrogen (secondary N) is 1. The van der Waals surface area contributed by atoms with E-state index in [0.29, 0.717) is 5.56 Å². The number of carbonyl (C=O) groups excluding carboxylic acids is 1. The van der Waals surface area contributed by atoms with Crippen LogP contribution in [0.3, 0.4) is 0 Å². The van der Waals surface area contributed by atoms with Crippen LogP contribution in [-0.2, 0) is 6.42 Å². The van der Waals surface area contributed by atoms with Gasteiger partial charge in [0.25, 0.3) is 5.91 Å². The second kappa shape index (κ2) is 5.29. The van der Waals surface area contributed by atoms with Crippen molar-refractivity contribution in [3.63, 3.8) is 0 Å². The molecule has 2 aromatic heterocycles. The van der Waals surface area contributed by atoms with E-state index in [1.807, 2.05) is 18.4 Å². The molecule has 1 unspecified atom stereocenters. The van der Waals surface area contributed by atoms with E-state index in [1.54, 1.807) is 0 Å². The van der Waals surface area contributed by atoms with E-state index in [2.05, 4.69) is 41.2 Å². The number of thiophene rings is 1. The summed E-state index contributed by atoms with van der Waals surface area (Å²) in [6.07, 6.45) is 1.85. The van der Waals surface area contributed by atoms with Crippen LogP contribution >= 0.6 is 27.3 Å². The molecule has 3 rings (SSSR count). The Balaban J connectivity index is 1.86. The Morgan fingerprint density at radius 2 is 2.24 bits per heavy atom. The van der Waals surface area contributed by atoms with E-state index in [-0.39, 0.29) is 17.4 Å². The van der Waals surface area contributed by atoms with Crippen LogP contribution in [0.2, 0.25) is 0 Å². The molecule has 1 amide bonds. The van der Waals surface area contributed by atoms with Crippen molar-refractivity contribution in [2.75, 3.05) is 0 Å². The van der Waals surface area contributed by atoms with E-state index in [9.17, 15) is 4.79 Å². The molecular formula is C16H18BrNO2S. The zero-order valence-corrected chi connectivity index (χ0v) is 14.7. The average molecular weight is 368 g/mol. The first kappa shape index (κ1) is 14.9. The zero-order chi connectivity index (χ0) is 15.2. The van der Waals surface area contributed by atoms with Gasteiger partial charge in [0.2, 0.25) is 0 Å². The first-order chi connectivity index (χ1) is 9.84. The number of furan rings is 1. The molecular weight excluding hydrogens is 350 g/mol. The Labute approximate surface area is 136 Å². The van der Waals surface area contributed by atoms with Crippen molar-refractivity contribution in [1.82, 2.24) is 5.32 Å². The molecule has 0 spiro atoms. The van der Waals surface area contributed by atoms with Gasteiger partial charge in [-0.1, -0.05) is 13.8 Å². The summed E-state index contributed by atoms with van der Waals surface area (Å²) in [5.74, 6) is 1.90. The topological polar surface area (TPSA) is 42.2 Å². The van der Waals surface area contributed by atoms with Gasteiger partial charge in [-0.15, -0.1) is 11.3 Å². The van der Waals surface area contributed by atoms with Gasteiger partial charge >= 0.3 is 0 Å². The van der Waals surface area contributed by atoms with Crippen LogP contribution in [-0.4, -0.2) is 5.91 Å². The monoisotopic (exact) mass is 367 g/mol. The van der Waals surface area contributed by atoms with E-state index < -0.39 is 0 Å². The summed E-state index contributed by atoms with van der Waals surface area (Å²) < 4.78 is 6.78. The van der Waals surface area contributed by atoms with E-state index in [4.69, 9.17) is 4.42 Å². The number of amides is 1. The van der Waals surface area contributed by atoms with Crippen molar-refractivity contribution in [1.29, 1.82) is 0 Å². The number of carbonyl (C=O) groups is 1. The molecule has 3 nitrogen and oxygen atoms in total. The molecule has 1 aliphatic rings. The molecule has 1 N–H and O–H groups in total. The summed E-state index contributed by atoms with van der Waals surface area (Å²) in [4.78, 5) is 12.4. The molecule has 0 saturated carbocycles. The van der Waals surface area contributed by atoms with Gasteiger partial charge in [0, 0.05) is 17.4 Å². The average Bonchev–Trinajstić information content (AvgIpc) is 2.93. The first-order valence-electron chi connectivity index (χ1n) is 6.98. The van der Waals surface area contributed by atoms with Crippen LogP contribution in [0.25, 0.3) is 0 Å². The van der Waals surface area contributed by atoms with E-state index in [1.165, 1.54) is 11.3 Å². The molecule has 1 atom stereocenters. The highest BCUT2D eigenvalue weighted by Gasteiger charge is 2.35. The van der Waals surface area contributed by atoms with Gasteiger partial charge in [0.05, 0.1) is 15.4 Å². The van der Waals surface area contributed by atoms with Crippen LogP contribution in [0.4, 0.5) is 0 Å². The molecule has 5 heteroatoms. The Morgan fingerprint density at radius 3 is 2.90 bits per heavy atom. The van der Waals surface area contributed by atoms with Crippen molar-refractivity contribution in [3.8, 4) is 0 Å². The van der Waals surface area contributed by atoms with Gasteiger partial charge in [0.15, 0.2) is 0 Å². The Bertz CT molecular complexity index is 686. The smallest absolute Gasteiger partial charge is 0.252 e. The highest BCUT2D eigenvalue weighted by Crippen LogP contribution is 2.42. The molecule has 2 heterocycles. The number of aryl methyl sites for hydroxylation is 1. The number of halogens is 1. The molecule has 2 aromatic rings. The molecule has 1 aliphatic carbocycles. The second-order valence-corrected chi connectivity index (χ2v) is 8.74. The highest BCUT2D eigenvalue weighted by molar-refractivity contribution is 9.11. The lowest BCUT2D eigenvalue weighted by atomic mass is 9.74. The van der Waals surface area contributed by atoms with Crippen molar-refractivity contribution < 1.29 is 9.21 Å². The highest BCUT2D eigenvalue weighted by atomic mass is 79.9. The normalized spacial score (nSPS) is 20.1. The summed E-state index contributed by atoms with van der Waals surface area (Å²) in [6, 6.07) is 3.93. The Kier molecular flexibility index (Phi) is 3.74. The van der Waals surface area contributed by atoms with E-state index >= 15 is 0 Å². The van der Waals surface area contributed by atoms with Crippen molar-refractivity contribution in [2.24, 2.45) is 5.41 Å². The van der Waals surface area contributed by atoms with E-state index in [0.717, 1.165) is 33.7 Å². The standard InChI is InChI=1S/C16H18BrNO2S/c1-9-4-11-12(6-16(2,3)7-13(11)20-9)18-15(19)10-5-14(17)21-8-10/h4-5,8,12H,6-7H2,1-3H3,(H,18,19). The fourth-order valence-corrected chi connectivity index (χ4v) is 4.12. The van der Waals surface area contributed by atoms with Gasteiger partial charge in [-0.25, -0.2) is 0 Å². The number of hydrogen-bond acceptors (Lipinski definition) is 3. The number of hydrogen-bond donors (Lipinski definition) is 1. The largest absolute Gasteiger partial charge is 0.466 e. The van der Waals surface area contributed by atoms with Crippen LogP contribution in [0.5, 0.6) is 0 Å². The summed E-state index contributed by atoms with van der Waals surface area (Å²) in [5.41, 5.74) is 1.97. The summed E-state index contributed by atoms with van der Waals surface area (Å²) in [6.45, 7) is 6.39. The third-order valence-electron chi connectivity index (χ3n) is 3.87. The quantitative estimate of drug-likeness (QED) is 0.823. The SMILES string of the molecule is Cc1cc2c(o1)CC(C)(C)CC2NC(=O)c1csc(Br)c1. The van der Waals surface area contributed by atoms with Gasteiger partial charge in [-0.2, -0.15) is 0 Å². The minimum absolute atomic E-state index is 0.0207. The van der Waals surface area contributed by atoms with Crippen molar-refractivity contribution in [3.05, 3.63) is 43.9 Å². The van der Waals surface area contributed by atoms with Crippen LogP contribution < -0.4 is 5.32 Å².